The molecule has 0 fully saturated rings. The number of nitrogens with two attached hydrogens (primary N) is 1. The van der Waals surface area contributed by atoms with Gasteiger partial charge in [-0.3, -0.25) is 0 Å². The molecule has 3 aromatic heterocycles. The molecule has 26 heavy (non-hydrogen) atoms. The van der Waals surface area contributed by atoms with Gasteiger partial charge in [-0.2, -0.15) is 0 Å². The van der Waals surface area contributed by atoms with Gasteiger partial charge in [0.15, 0.2) is 5.82 Å². The smallest absolute Gasteiger partial charge is 0.158 e. The summed E-state index contributed by atoms with van der Waals surface area (Å²) in [6.07, 6.45) is 0. The number of aromatic nitrogens is 1. The summed E-state index contributed by atoms with van der Waals surface area (Å²) in [6.45, 7) is 0. The summed E-state index contributed by atoms with van der Waals surface area (Å²) in [6, 6.07) is 19.6. The maximum Gasteiger partial charge on any atom is 0.158 e. The fourth-order valence-corrected chi connectivity index (χ4v) is 6.09. The number of fused-ring (bicyclic) bond motifs is 8. The van der Waals surface area contributed by atoms with E-state index >= 15 is 0 Å². The first-order valence-corrected chi connectivity index (χ1v) is 10.0. The number of benzene rings is 3. The third kappa shape index (κ3) is 1.82. The predicted molar refractivity (Wildman–Crippen MR) is 115 cm³/mol. The topological polar surface area (TPSA) is 50.9 Å². The van der Waals surface area contributed by atoms with E-state index in [1.54, 1.807) is 22.7 Å². The van der Waals surface area contributed by atoms with Crippen molar-refractivity contribution in [3.05, 3.63) is 60.0 Å². The molecular formula is C21H13N3S2. The van der Waals surface area contributed by atoms with Crippen LogP contribution in [0.1, 0.15) is 0 Å². The lowest BCUT2D eigenvalue weighted by molar-refractivity contribution is 1.29. The van der Waals surface area contributed by atoms with Gasteiger partial charge in [-0.1, -0.05) is 36.4 Å². The van der Waals surface area contributed by atoms with Crippen LogP contribution in [0, 0.1) is 0 Å². The van der Waals surface area contributed by atoms with Gasteiger partial charge < -0.3 is 5.43 Å². The van der Waals surface area contributed by atoms with Gasteiger partial charge in [-0.25, -0.2) is 10.8 Å². The first-order valence-electron chi connectivity index (χ1n) is 8.35. The normalized spacial score (nSPS) is 12.0. The number of hydrogen-bond acceptors (Lipinski definition) is 5. The second-order valence-corrected chi connectivity index (χ2v) is 8.61. The lowest BCUT2D eigenvalue weighted by atomic mass is 9.98. The molecule has 0 aliphatic carbocycles. The van der Waals surface area contributed by atoms with E-state index in [1.807, 2.05) is 0 Å². The van der Waals surface area contributed by atoms with Gasteiger partial charge in [-0.15, -0.1) is 22.7 Å². The van der Waals surface area contributed by atoms with E-state index in [-0.39, 0.29) is 0 Å². The van der Waals surface area contributed by atoms with Gasteiger partial charge in [0, 0.05) is 16.2 Å². The Labute approximate surface area is 156 Å². The molecule has 0 amide bonds. The highest BCUT2D eigenvalue weighted by atomic mass is 32.2. The molecule has 0 atom stereocenters. The molecule has 5 heteroatoms. The SMILES string of the molecule is NNc1nc2cc3ccc4ccccc4c3cc2c2c1sc1sccc12. The number of thiophene rings is 2. The van der Waals surface area contributed by atoms with Crippen molar-refractivity contribution < 1.29 is 0 Å². The molecule has 6 aromatic rings. The average molecular weight is 371 g/mol. The van der Waals surface area contributed by atoms with E-state index in [0.717, 1.165) is 16.0 Å². The van der Waals surface area contributed by atoms with E-state index in [1.165, 1.54) is 41.7 Å². The minimum Gasteiger partial charge on any atom is -0.307 e. The Kier molecular flexibility index (Phi) is 2.86. The molecule has 124 valence electrons. The lowest BCUT2D eigenvalue weighted by Crippen LogP contribution is -2.08. The summed E-state index contributed by atoms with van der Waals surface area (Å²) >= 11 is 3.53. The molecule has 0 aliphatic rings. The van der Waals surface area contributed by atoms with Crippen molar-refractivity contribution in [2.45, 2.75) is 0 Å². The van der Waals surface area contributed by atoms with Crippen LogP contribution in [0.3, 0.4) is 0 Å². The minimum absolute atomic E-state index is 0.751. The van der Waals surface area contributed by atoms with Crippen LogP contribution >= 0.6 is 22.7 Å². The zero-order chi connectivity index (χ0) is 17.3. The molecule has 0 aliphatic heterocycles. The number of anilines is 1. The van der Waals surface area contributed by atoms with E-state index in [0.29, 0.717) is 0 Å². The summed E-state index contributed by atoms with van der Waals surface area (Å²) in [5.41, 5.74) is 3.77. The van der Waals surface area contributed by atoms with Crippen molar-refractivity contribution in [1.29, 1.82) is 0 Å². The molecule has 0 bridgehead atoms. The van der Waals surface area contributed by atoms with Gasteiger partial charge in [-0.05, 0) is 45.1 Å². The molecule has 3 N–H and O–H groups in total. The molecule has 0 spiro atoms. The van der Waals surface area contributed by atoms with Gasteiger partial charge in [0.05, 0.1) is 14.2 Å². The van der Waals surface area contributed by atoms with Crippen LogP contribution in [0.4, 0.5) is 5.82 Å². The van der Waals surface area contributed by atoms with E-state index < -0.39 is 0 Å². The molecule has 0 radical (unpaired) electrons. The number of rotatable bonds is 1. The van der Waals surface area contributed by atoms with Crippen molar-refractivity contribution in [2.75, 3.05) is 5.43 Å². The molecular weight excluding hydrogens is 358 g/mol. The van der Waals surface area contributed by atoms with Gasteiger partial charge >= 0.3 is 0 Å². The second-order valence-electron chi connectivity index (χ2n) is 6.41. The third-order valence-corrected chi connectivity index (χ3v) is 7.29. The van der Waals surface area contributed by atoms with Crippen molar-refractivity contribution in [1.82, 2.24) is 4.98 Å². The van der Waals surface area contributed by atoms with E-state index in [9.17, 15) is 0 Å². The van der Waals surface area contributed by atoms with Crippen molar-refractivity contribution >= 4 is 80.4 Å². The highest BCUT2D eigenvalue weighted by Gasteiger charge is 2.16. The van der Waals surface area contributed by atoms with Gasteiger partial charge in [0.25, 0.3) is 0 Å². The zero-order valence-electron chi connectivity index (χ0n) is 13.6. The Hall–Kier alpha value is -2.73. The molecule has 6 rings (SSSR count). The fraction of sp³-hybridized carbons (Fsp3) is 0. The van der Waals surface area contributed by atoms with Crippen LogP contribution in [0.25, 0.3) is 51.9 Å². The van der Waals surface area contributed by atoms with Crippen LogP contribution < -0.4 is 11.3 Å². The largest absolute Gasteiger partial charge is 0.307 e. The fourth-order valence-electron chi connectivity index (χ4n) is 3.86. The highest BCUT2D eigenvalue weighted by molar-refractivity contribution is 7.41. The zero-order valence-corrected chi connectivity index (χ0v) is 15.2. The van der Waals surface area contributed by atoms with Crippen molar-refractivity contribution in [2.24, 2.45) is 5.84 Å². The summed E-state index contributed by atoms with van der Waals surface area (Å²) < 4.78 is 2.44. The average Bonchev–Trinajstić information content (AvgIpc) is 3.27. The van der Waals surface area contributed by atoms with Crippen LogP contribution in [0.2, 0.25) is 0 Å². The van der Waals surface area contributed by atoms with Crippen molar-refractivity contribution in [3.63, 3.8) is 0 Å². The third-order valence-electron chi connectivity index (χ3n) is 5.04. The van der Waals surface area contributed by atoms with Crippen molar-refractivity contribution in [3.8, 4) is 0 Å². The standard InChI is InChI=1S/C21H13N3S2/c22-24-20-19-18(14-7-8-25-21(14)26-19)16-10-15-12(9-17(16)23-20)6-5-11-3-1-2-4-13(11)15/h1-10H,22H2,(H,23,24). The summed E-state index contributed by atoms with van der Waals surface area (Å²) in [7, 11) is 0. The first kappa shape index (κ1) is 14.4. The first-order chi connectivity index (χ1) is 12.8. The lowest BCUT2D eigenvalue weighted by Gasteiger charge is -2.09. The minimum atomic E-state index is 0.751. The molecule has 0 saturated heterocycles. The maximum absolute atomic E-state index is 5.78. The Morgan fingerprint density at radius 2 is 1.73 bits per heavy atom. The Balaban J connectivity index is 1.90. The molecule has 3 heterocycles. The summed E-state index contributed by atoms with van der Waals surface area (Å²) in [4.78, 5) is 4.81. The number of nitrogen functional groups attached to an aromatic ring is 1. The monoisotopic (exact) mass is 371 g/mol. The Morgan fingerprint density at radius 1 is 0.846 bits per heavy atom. The maximum atomic E-state index is 5.78. The van der Waals surface area contributed by atoms with Gasteiger partial charge in [0.1, 0.15) is 0 Å². The van der Waals surface area contributed by atoms with Gasteiger partial charge in [0.2, 0.25) is 0 Å². The molecule has 0 unspecified atom stereocenters. The van der Waals surface area contributed by atoms with Crippen LogP contribution in [-0.4, -0.2) is 4.98 Å². The van der Waals surface area contributed by atoms with Crippen LogP contribution in [0.5, 0.6) is 0 Å². The predicted octanol–water partition coefficient (Wildman–Crippen LogP) is 6.26. The molecule has 0 saturated carbocycles. The number of hydrazine groups is 1. The number of hydrogen-bond donors (Lipinski definition) is 2. The van der Waals surface area contributed by atoms with E-state index in [4.69, 9.17) is 10.8 Å². The quantitative estimate of drug-likeness (QED) is 0.155. The molecule has 3 aromatic carbocycles. The number of pyridine rings is 1. The van der Waals surface area contributed by atoms with Crippen LogP contribution in [0.15, 0.2) is 60.0 Å². The highest BCUT2D eigenvalue weighted by Crippen LogP contribution is 2.44. The van der Waals surface area contributed by atoms with E-state index in [2.05, 4.69) is 65.4 Å². The number of nitrogens with zero attached hydrogens (tertiary/aromatic N) is 1. The number of nitrogens with one attached hydrogen (secondary N) is 1. The van der Waals surface area contributed by atoms with Crippen LogP contribution in [-0.2, 0) is 0 Å². The second kappa shape index (κ2) is 5.14. The molecule has 3 nitrogen and oxygen atoms in total. The summed E-state index contributed by atoms with van der Waals surface area (Å²) in [5.74, 6) is 6.53. The Morgan fingerprint density at radius 3 is 2.65 bits per heavy atom. The summed E-state index contributed by atoms with van der Waals surface area (Å²) in [5, 5.41) is 10.9. The Bertz CT molecular complexity index is 1480.